The first-order chi connectivity index (χ1) is 8.25. The van der Waals surface area contributed by atoms with Crippen LogP contribution in [0.5, 0.6) is 0 Å². The molecular formula is C13H18AuN2S2-2. The molecule has 0 spiro atoms. The van der Waals surface area contributed by atoms with Gasteiger partial charge in [-0.1, -0.05) is 30.3 Å². The maximum Gasteiger partial charge on any atom is 0.0109 e. The molecule has 1 fully saturated rings. The maximum atomic E-state index is 5.10. The van der Waals surface area contributed by atoms with E-state index in [1.54, 1.807) is 0 Å². The SMILES string of the molecule is [Au].[S-]C([S-])N1CCN(CCc2ccccc2)CC1. The van der Waals surface area contributed by atoms with Gasteiger partial charge in [0.15, 0.2) is 0 Å². The predicted molar refractivity (Wildman–Crippen MR) is 76.7 cm³/mol. The molecule has 0 N–H and O–H groups in total. The van der Waals surface area contributed by atoms with E-state index in [2.05, 4.69) is 40.1 Å². The minimum Gasteiger partial charge on any atom is -0.800 e. The van der Waals surface area contributed by atoms with Crippen molar-refractivity contribution in [2.45, 2.75) is 11.1 Å². The molecule has 5 heteroatoms. The molecule has 1 saturated heterocycles. The van der Waals surface area contributed by atoms with Crippen LogP contribution in [-0.2, 0) is 54.1 Å². The van der Waals surface area contributed by atoms with Crippen molar-refractivity contribution in [3.8, 4) is 0 Å². The van der Waals surface area contributed by atoms with Crippen molar-refractivity contribution in [2.75, 3.05) is 32.7 Å². The van der Waals surface area contributed by atoms with E-state index in [-0.39, 0.29) is 27.1 Å². The topological polar surface area (TPSA) is 6.48 Å². The summed E-state index contributed by atoms with van der Waals surface area (Å²) in [6, 6.07) is 10.7. The number of hydrogen-bond donors (Lipinski definition) is 0. The Labute approximate surface area is 136 Å². The molecule has 1 aliphatic rings. The van der Waals surface area contributed by atoms with Crippen LogP contribution in [-0.4, -0.2) is 47.2 Å². The van der Waals surface area contributed by atoms with Crippen LogP contribution in [0.3, 0.4) is 0 Å². The summed E-state index contributed by atoms with van der Waals surface area (Å²) < 4.78 is -0.133. The number of nitrogens with zero attached hydrogens (tertiary/aromatic N) is 2. The third-order valence-electron chi connectivity index (χ3n) is 3.26. The molecule has 0 amide bonds. The third kappa shape index (κ3) is 5.29. The first kappa shape index (κ1) is 16.6. The normalized spacial score (nSPS) is 17.7. The summed E-state index contributed by atoms with van der Waals surface area (Å²) in [5, 5.41) is 0. The van der Waals surface area contributed by atoms with Crippen molar-refractivity contribution >= 4 is 25.3 Å². The van der Waals surface area contributed by atoms with Crippen molar-refractivity contribution in [2.24, 2.45) is 0 Å². The maximum absolute atomic E-state index is 5.10. The Morgan fingerprint density at radius 2 is 1.61 bits per heavy atom. The molecule has 0 aromatic heterocycles. The van der Waals surface area contributed by atoms with Crippen LogP contribution in [0.4, 0.5) is 0 Å². The van der Waals surface area contributed by atoms with Crippen LogP contribution >= 0.6 is 0 Å². The van der Waals surface area contributed by atoms with Crippen LogP contribution < -0.4 is 0 Å². The van der Waals surface area contributed by atoms with Gasteiger partial charge in [-0.2, -0.15) is 0 Å². The number of piperazine rings is 1. The Hall–Kier alpha value is 0.580. The van der Waals surface area contributed by atoms with E-state index in [9.17, 15) is 0 Å². The van der Waals surface area contributed by atoms with Crippen LogP contribution in [0.1, 0.15) is 5.56 Å². The molecule has 1 radical (unpaired) electrons. The summed E-state index contributed by atoms with van der Waals surface area (Å²) in [4.78, 5) is 4.69. The predicted octanol–water partition coefficient (Wildman–Crippen LogP) is 1.22. The van der Waals surface area contributed by atoms with Gasteiger partial charge in [-0.3, -0.25) is 0 Å². The molecule has 1 aromatic carbocycles. The summed E-state index contributed by atoms with van der Waals surface area (Å²) in [5.41, 5.74) is 1.42. The molecule has 0 unspecified atom stereocenters. The van der Waals surface area contributed by atoms with Gasteiger partial charge in [0, 0.05) is 55.1 Å². The fraction of sp³-hybridized carbons (Fsp3) is 0.538. The van der Waals surface area contributed by atoms with E-state index < -0.39 is 0 Å². The van der Waals surface area contributed by atoms with Crippen LogP contribution in [0, 0.1) is 0 Å². The number of hydrogen-bond acceptors (Lipinski definition) is 4. The second-order valence-electron chi connectivity index (χ2n) is 4.42. The van der Waals surface area contributed by atoms with E-state index in [0.29, 0.717) is 0 Å². The third-order valence-corrected chi connectivity index (χ3v) is 3.86. The average molecular weight is 463 g/mol. The van der Waals surface area contributed by atoms with Crippen molar-refractivity contribution in [3.05, 3.63) is 35.9 Å². The quantitative estimate of drug-likeness (QED) is 0.490. The molecule has 0 bridgehead atoms. The molecule has 2 rings (SSSR count). The molecule has 105 valence electrons. The monoisotopic (exact) mass is 463 g/mol. The molecular weight excluding hydrogens is 445 g/mol. The second kappa shape index (κ2) is 8.69. The smallest absolute Gasteiger partial charge is 0.0109 e. The Morgan fingerprint density at radius 3 is 2.17 bits per heavy atom. The molecule has 0 aliphatic carbocycles. The van der Waals surface area contributed by atoms with Gasteiger partial charge >= 0.3 is 0 Å². The van der Waals surface area contributed by atoms with Gasteiger partial charge in [0.05, 0.1) is 0 Å². The Bertz CT molecular complexity index is 327. The molecule has 18 heavy (non-hydrogen) atoms. The average Bonchev–Trinajstić information content (AvgIpc) is 2.38. The summed E-state index contributed by atoms with van der Waals surface area (Å²) in [6.45, 7) is 5.36. The fourth-order valence-electron chi connectivity index (χ4n) is 2.13. The number of benzene rings is 1. The van der Waals surface area contributed by atoms with Gasteiger partial charge in [-0.15, -0.1) is 0 Å². The standard InChI is InChI=1S/C13H20N2S2.Au/c16-13(17)15-10-8-14(9-11-15)7-6-12-4-2-1-3-5-12;/h1-5,13,16-17H,6-11H2;/p-2. The van der Waals surface area contributed by atoms with Crippen LogP contribution in [0.25, 0.3) is 0 Å². The molecule has 0 atom stereocenters. The molecule has 1 aliphatic heterocycles. The van der Waals surface area contributed by atoms with E-state index in [1.165, 1.54) is 5.56 Å². The minimum atomic E-state index is -0.133. The van der Waals surface area contributed by atoms with E-state index in [0.717, 1.165) is 39.1 Å². The van der Waals surface area contributed by atoms with Gasteiger partial charge in [-0.25, -0.2) is 4.71 Å². The largest absolute Gasteiger partial charge is 0.800 e. The Kier molecular flexibility index (Phi) is 8.03. The van der Waals surface area contributed by atoms with Gasteiger partial charge in [0.2, 0.25) is 0 Å². The molecule has 2 nitrogen and oxygen atoms in total. The number of rotatable bonds is 4. The van der Waals surface area contributed by atoms with E-state index >= 15 is 0 Å². The van der Waals surface area contributed by atoms with Crippen molar-refractivity contribution < 1.29 is 22.4 Å². The fourth-order valence-corrected chi connectivity index (χ4v) is 2.55. The summed E-state index contributed by atoms with van der Waals surface area (Å²) in [6.07, 6.45) is 1.13. The first-order valence-electron chi connectivity index (χ1n) is 6.07. The van der Waals surface area contributed by atoms with Gasteiger partial charge in [0.1, 0.15) is 0 Å². The molecule has 1 aromatic rings. The van der Waals surface area contributed by atoms with E-state index in [4.69, 9.17) is 25.3 Å². The molecule has 0 saturated carbocycles. The van der Waals surface area contributed by atoms with Gasteiger partial charge < -0.3 is 35.1 Å². The first-order valence-corrected chi connectivity index (χ1v) is 7.02. The minimum absolute atomic E-state index is 0. The van der Waals surface area contributed by atoms with Crippen LogP contribution in [0.15, 0.2) is 30.3 Å². The van der Waals surface area contributed by atoms with Gasteiger partial charge in [0.25, 0.3) is 0 Å². The summed E-state index contributed by atoms with van der Waals surface area (Å²) in [5.74, 6) is 0. The zero-order valence-corrected chi connectivity index (χ0v) is 14.0. The van der Waals surface area contributed by atoms with Crippen LogP contribution in [0.2, 0.25) is 0 Å². The summed E-state index contributed by atoms with van der Waals surface area (Å²) in [7, 11) is 0. The van der Waals surface area contributed by atoms with Gasteiger partial charge in [-0.05, 0) is 12.0 Å². The van der Waals surface area contributed by atoms with Crippen molar-refractivity contribution in [1.82, 2.24) is 9.80 Å². The second-order valence-corrected chi connectivity index (χ2v) is 5.61. The Balaban J connectivity index is 0.00000162. The van der Waals surface area contributed by atoms with E-state index in [1.807, 2.05) is 0 Å². The van der Waals surface area contributed by atoms with Crippen molar-refractivity contribution in [1.29, 1.82) is 0 Å². The van der Waals surface area contributed by atoms with Crippen molar-refractivity contribution in [3.63, 3.8) is 0 Å². The summed E-state index contributed by atoms with van der Waals surface area (Å²) >= 11 is 10.2. The Morgan fingerprint density at radius 1 is 1.00 bits per heavy atom. The molecule has 1 heterocycles. The zero-order valence-electron chi connectivity index (χ0n) is 10.2. The zero-order chi connectivity index (χ0) is 12.1.